The van der Waals surface area contributed by atoms with Gasteiger partial charge in [-0.25, -0.2) is 4.39 Å². The number of benzene rings is 2. The van der Waals surface area contributed by atoms with Crippen LogP contribution < -0.4 is 10.6 Å². The molecule has 2 N–H and O–H groups in total. The molecule has 2 rings (SSSR count). The molecular weight excluding hydrogens is 341 g/mol. The van der Waals surface area contributed by atoms with E-state index in [-0.39, 0.29) is 5.56 Å². The standard InChI is InChI=1S/C18H14FN3O4/c19-15-7-2-1-6-14(15)18(25)21-10-17(24)26-11-16(23)22-13-5-3-4-12(8-13)9-20/h1-8H,10-11H2,(H,21,25)(H,22,23). The normalized spacial score (nSPS) is 9.69. The maximum Gasteiger partial charge on any atom is 0.325 e. The van der Waals surface area contributed by atoms with Crippen LogP contribution in [0.15, 0.2) is 48.5 Å². The molecule has 0 aliphatic heterocycles. The lowest BCUT2D eigenvalue weighted by Gasteiger charge is -2.08. The van der Waals surface area contributed by atoms with E-state index in [4.69, 9.17) is 10.00 Å². The molecule has 0 aliphatic rings. The third-order valence-corrected chi connectivity index (χ3v) is 3.15. The van der Waals surface area contributed by atoms with E-state index >= 15 is 0 Å². The summed E-state index contributed by atoms with van der Waals surface area (Å²) in [6, 6.07) is 13.5. The summed E-state index contributed by atoms with van der Waals surface area (Å²) < 4.78 is 18.2. The van der Waals surface area contributed by atoms with Gasteiger partial charge in [-0.3, -0.25) is 14.4 Å². The van der Waals surface area contributed by atoms with Crippen LogP contribution in [0.25, 0.3) is 0 Å². The zero-order valence-corrected chi connectivity index (χ0v) is 13.5. The Balaban J connectivity index is 1.76. The lowest BCUT2D eigenvalue weighted by atomic mass is 10.2. The van der Waals surface area contributed by atoms with E-state index in [1.54, 1.807) is 18.2 Å². The molecule has 2 aromatic rings. The van der Waals surface area contributed by atoms with Crippen LogP contribution in [-0.4, -0.2) is 30.9 Å². The Morgan fingerprint density at radius 1 is 1.12 bits per heavy atom. The number of hydrogen-bond donors (Lipinski definition) is 2. The van der Waals surface area contributed by atoms with Crippen LogP contribution in [0, 0.1) is 17.1 Å². The molecule has 0 aliphatic carbocycles. The predicted octanol–water partition coefficient (Wildman–Crippen LogP) is 1.61. The number of nitrogens with zero attached hydrogens (tertiary/aromatic N) is 1. The number of rotatable bonds is 6. The van der Waals surface area contributed by atoms with Crippen LogP contribution in [0.5, 0.6) is 0 Å². The zero-order chi connectivity index (χ0) is 18.9. The maximum absolute atomic E-state index is 13.4. The molecule has 0 saturated heterocycles. The predicted molar refractivity (Wildman–Crippen MR) is 89.5 cm³/mol. The highest BCUT2D eigenvalue weighted by molar-refractivity contribution is 5.96. The largest absolute Gasteiger partial charge is 0.454 e. The van der Waals surface area contributed by atoms with Crippen molar-refractivity contribution < 1.29 is 23.5 Å². The summed E-state index contributed by atoms with van der Waals surface area (Å²) in [5.41, 5.74) is 0.559. The second-order valence-electron chi connectivity index (χ2n) is 5.06. The summed E-state index contributed by atoms with van der Waals surface area (Å²) in [6.07, 6.45) is 0. The van der Waals surface area contributed by atoms with Gasteiger partial charge in [-0.05, 0) is 30.3 Å². The van der Waals surface area contributed by atoms with Gasteiger partial charge in [0.25, 0.3) is 11.8 Å². The SMILES string of the molecule is N#Cc1cccc(NC(=O)COC(=O)CNC(=O)c2ccccc2F)c1. The van der Waals surface area contributed by atoms with Crippen LogP contribution >= 0.6 is 0 Å². The van der Waals surface area contributed by atoms with Crippen molar-refractivity contribution in [1.29, 1.82) is 5.26 Å². The highest BCUT2D eigenvalue weighted by atomic mass is 19.1. The van der Waals surface area contributed by atoms with Crippen molar-refractivity contribution in [3.63, 3.8) is 0 Å². The number of esters is 1. The Labute approximate surface area is 148 Å². The van der Waals surface area contributed by atoms with Crippen molar-refractivity contribution in [2.45, 2.75) is 0 Å². The van der Waals surface area contributed by atoms with E-state index in [9.17, 15) is 18.8 Å². The summed E-state index contributed by atoms with van der Waals surface area (Å²) in [4.78, 5) is 35.0. The number of anilines is 1. The van der Waals surface area contributed by atoms with Crippen molar-refractivity contribution in [1.82, 2.24) is 5.32 Å². The summed E-state index contributed by atoms with van der Waals surface area (Å²) in [7, 11) is 0. The Kier molecular flexibility index (Phi) is 6.40. The van der Waals surface area contributed by atoms with E-state index in [0.717, 1.165) is 6.07 Å². The first-order valence-corrected chi connectivity index (χ1v) is 7.48. The minimum absolute atomic E-state index is 0.199. The molecule has 0 heterocycles. The van der Waals surface area contributed by atoms with Crippen LogP contribution in [0.3, 0.4) is 0 Å². The van der Waals surface area contributed by atoms with Gasteiger partial charge in [0.15, 0.2) is 6.61 Å². The summed E-state index contributed by atoms with van der Waals surface area (Å²) in [5, 5.41) is 13.5. The first kappa shape index (κ1) is 18.6. The number of nitriles is 1. The lowest BCUT2D eigenvalue weighted by Crippen LogP contribution is -2.32. The summed E-state index contributed by atoms with van der Waals surface area (Å²) in [6.45, 7) is -1.07. The number of hydrogen-bond acceptors (Lipinski definition) is 5. The van der Waals surface area contributed by atoms with Crippen LogP contribution in [0.1, 0.15) is 15.9 Å². The topological polar surface area (TPSA) is 108 Å². The van der Waals surface area contributed by atoms with Gasteiger partial charge < -0.3 is 15.4 Å². The summed E-state index contributed by atoms with van der Waals surface area (Å²) in [5.74, 6) is -2.93. The Bertz CT molecular complexity index is 877. The number of ether oxygens (including phenoxy) is 1. The average Bonchev–Trinajstić information content (AvgIpc) is 2.65. The van der Waals surface area contributed by atoms with Crippen LogP contribution in [-0.2, 0) is 14.3 Å². The van der Waals surface area contributed by atoms with Gasteiger partial charge in [0.05, 0.1) is 17.2 Å². The molecule has 7 nitrogen and oxygen atoms in total. The van der Waals surface area contributed by atoms with E-state index in [1.165, 1.54) is 24.3 Å². The molecule has 0 bridgehead atoms. The smallest absolute Gasteiger partial charge is 0.325 e. The van der Waals surface area contributed by atoms with E-state index < -0.39 is 36.8 Å². The first-order chi connectivity index (χ1) is 12.5. The van der Waals surface area contributed by atoms with Crippen molar-refractivity contribution >= 4 is 23.5 Å². The van der Waals surface area contributed by atoms with Crippen LogP contribution in [0.4, 0.5) is 10.1 Å². The van der Waals surface area contributed by atoms with Crippen molar-refractivity contribution in [3.8, 4) is 6.07 Å². The number of carbonyl (C=O) groups is 3. The van der Waals surface area contributed by atoms with E-state index in [1.807, 2.05) is 6.07 Å². The van der Waals surface area contributed by atoms with Gasteiger partial charge in [0.1, 0.15) is 12.4 Å². The fourth-order valence-electron chi connectivity index (χ4n) is 1.95. The molecule has 0 saturated carbocycles. The quantitative estimate of drug-likeness (QED) is 0.765. The second-order valence-corrected chi connectivity index (χ2v) is 5.06. The van der Waals surface area contributed by atoms with Gasteiger partial charge in [0.2, 0.25) is 0 Å². The monoisotopic (exact) mass is 355 g/mol. The van der Waals surface area contributed by atoms with Crippen molar-refractivity contribution in [2.24, 2.45) is 0 Å². The highest BCUT2D eigenvalue weighted by Gasteiger charge is 2.13. The first-order valence-electron chi connectivity index (χ1n) is 7.48. The number of halogens is 1. The van der Waals surface area contributed by atoms with Crippen LogP contribution in [0.2, 0.25) is 0 Å². The highest BCUT2D eigenvalue weighted by Crippen LogP contribution is 2.09. The molecule has 0 unspecified atom stereocenters. The van der Waals surface area contributed by atoms with E-state index in [2.05, 4.69) is 10.6 Å². The third-order valence-electron chi connectivity index (χ3n) is 3.15. The molecule has 0 spiro atoms. The van der Waals surface area contributed by atoms with Crippen molar-refractivity contribution in [3.05, 3.63) is 65.5 Å². The Hall–Kier alpha value is -3.73. The molecule has 0 aromatic heterocycles. The van der Waals surface area contributed by atoms with Gasteiger partial charge in [-0.2, -0.15) is 5.26 Å². The number of amides is 2. The fraction of sp³-hybridized carbons (Fsp3) is 0.111. The molecule has 8 heteroatoms. The molecule has 0 atom stereocenters. The molecule has 26 heavy (non-hydrogen) atoms. The maximum atomic E-state index is 13.4. The number of nitrogens with one attached hydrogen (secondary N) is 2. The van der Waals surface area contributed by atoms with Gasteiger partial charge in [0, 0.05) is 5.69 Å². The van der Waals surface area contributed by atoms with Gasteiger partial charge in [-0.1, -0.05) is 18.2 Å². The lowest BCUT2D eigenvalue weighted by molar-refractivity contribution is -0.146. The second kappa shape index (κ2) is 8.94. The molecule has 132 valence electrons. The van der Waals surface area contributed by atoms with Crippen molar-refractivity contribution in [2.75, 3.05) is 18.5 Å². The molecule has 2 aromatic carbocycles. The zero-order valence-electron chi connectivity index (χ0n) is 13.5. The Morgan fingerprint density at radius 2 is 1.88 bits per heavy atom. The Morgan fingerprint density at radius 3 is 2.62 bits per heavy atom. The molecule has 0 fully saturated rings. The number of carbonyl (C=O) groups excluding carboxylic acids is 3. The minimum atomic E-state index is -0.851. The molecule has 2 amide bonds. The third kappa shape index (κ3) is 5.42. The van der Waals surface area contributed by atoms with Gasteiger partial charge in [-0.15, -0.1) is 0 Å². The van der Waals surface area contributed by atoms with Gasteiger partial charge >= 0.3 is 5.97 Å². The fourth-order valence-corrected chi connectivity index (χ4v) is 1.95. The van der Waals surface area contributed by atoms with E-state index in [0.29, 0.717) is 11.3 Å². The molecular formula is C18H14FN3O4. The summed E-state index contributed by atoms with van der Waals surface area (Å²) >= 11 is 0. The molecule has 0 radical (unpaired) electrons. The minimum Gasteiger partial charge on any atom is -0.454 e. The average molecular weight is 355 g/mol.